The zero-order valence-electron chi connectivity index (χ0n) is 30.2. The van der Waals surface area contributed by atoms with Crippen LogP contribution in [0.25, 0.3) is 0 Å². The lowest BCUT2D eigenvalue weighted by Gasteiger charge is -2.31. The van der Waals surface area contributed by atoms with Crippen molar-refractivity contribution in [1.82, 2.24) is 30.7 Å². The number of allylic oxidation sites excluding steroid dienone is 1. The first-order valence-electron chi connectivity index (χ1n) is 18.5. The van der Waals surface area contributed by atoms with Crippen molar-refractivity contribution in [3.63, 3.8) is 0 Å². The normalized spacial score (nSPS) is 27.1. The molecule has 282 valence electrons. The fraction of sp³-hybridized carbons (Fsp3) is 0.513. The molecule has 6 atom stereocenters. The molecule has 1 saturated heterocycles. The van der Waals surface area contributed by atoms with Gasteiger partial charge in [0.1, 0.15) is 29.8 Å². The van der Waals surface area contributed by atoms with Crippen molar-refractivity contribution in [2.24, 2.45) is 11.8 Å². The number of carboxylic acids is 1. The Hall–Kier alpha value is -5.27. The number of rotatable bonds is 7. The third-order valence-corrected chi connectivity index (χ3v) is 10.8. The predicted octanol–water partition coefficient (Wildman–Crippen LogP) is 2.97. The Balaban J connectivity index is 1.23. The molecule has 2 fully saturated rings. The smallest absolute Gasteiger partial charge is 0.410 e. The van der Waals surface area contributed by atoms with Gasteiger partial charge in [-0.1, -0.05) is 63.1 Å². The standard InChI is InChI=1S/C39H48N6O8/c1-24(2)32(42-33(46)26-13-10-17-40-21-26)35(48)41-30-15-7-5-3-4-6-14-28-20-39(28,37(50)51)43-34(47)31-19-29(23-45(31)36(30)49)53-38(52)44-18-16-25-11-8-9-12-27(25)22-44/h6,8-14,17,21,24,28-32H,3-5,7,15-16,18-20,22-23H2,1-2H3,(H,41,48)(H,42,46)(H,43,47)(H,50,51)/b14-6-/t28-,29-,30+,31+,32-,39-/m1/s1. The van der Waals surface area contributed by atoms with E-state index in [2.05, 4.69) is 20.9 Å². The zero-order valence-corrected chi connectivity index (χ0v) is 30.2. The van der Waals surface area contributed by atoms with E-state index in [4.69, 9.17) is 4.74 Å². The van der Waals surface area contributed by atoms with Crippen LogP contribution in [0.5, 0.6) is 0 Å². The van der Waals surface area contributed by atoms with Gasteiger partial charge in [-0.2, -0.15) is 0 Å². The third kappa shape index (κ3) is 8.52. The maximum absolute atomic E-state index is 14.5. The maximum Gasteiger partial charge on any atom is 0.410 e. The Morgan fingerprint density at radius 2 is 1.85 bits per heavy atom. The van der Waals surface area contributed by atoms with E-state index in [1.165, 1.54) is 17.3 Å². The molecule has 1 aromatic carbocycles. The summed E-state index contributed by atoms with van der Waals surface area (Å²) in [6.07, 6.45) is 9.20. The maximum atomic E-state index is 14.5. The summed E-state index contributed by atoms with van der Waals surface area (Å²) in [7, 11) is 0. The molecule has 6 rings (SSSR count). The molecule has 0 spiro atoms. The summed E-state index contributed by atoms with van der Waals surface area (Å²) in [5.41, 5.74) is 0.965. The van der Waals surface area contributed by atoms with Crippen LogP contribution in [0.3, 0.4) is 0 Å². The highest BCUT2D eigenvalue weighted by Gasteiger charge is 2.61. The Morgan fingerprint density at radius 3 is 2.58 bits per heavy atom. The average molecular weight is 729 g/mol. The van der Waals surface area contributed by atoms with Gasteiger partial charge in [0.2, 0.25) is 17.7 Å². The number of pyridine rings is 1. The van der Waals surface area contributed by atoms with E-state index >= 15 is 0 Å². The lowest BCUT2D eigenvalue weighted by molar-refractivity contribution is -0.146. The van der Waals surface area contributed by atoms with Crippen LogP contribution in [0.4, 0.5) is 4.79 Å². The summed E-state index contributed by atoms with van der Waals surface area (Å²) < 4.78 is 5.93. The number of hydrogen-bond donors (Lipinski definition) is 4. The fourth-order valence-electron chi connectivity index (χ4n) is 7.53. The van der Waals surface area contributed by atoms with Crippen molar-refractivity contribution in [2.75, 3.05) is 13.1 Å². The van der Waals surface area contributed by atoms with Crippen LogP contribution in [0.15, 0.2) is 60.9 Å². The van der Waals surface area contributed by atoms with Crippen LogP contribution in [0.1, 0.15) is 80.3 Å². The summed E-state index contributed by atoms with van der Waals surface area (Å²) in [4.78, 5) is 88.1. The molecule has 1 aromatic heterocycles. The summed E-state index contributed by atoms with van der Waals surface area (Å²) >= 11 is 0. The Bertz CT molecular complexity index is 1750. The van der Waals surface area contributed by atoms with Gasteiger partial charge in [-0.15, -0.1) is 0 Å². The van der Waals surface area contributed by atoms with Crippen molar-refractivity contribution < 1.29 is 38.6 Å². The number of carboxylic acid groups (broad SMARTS) is 1. The molecule has 3 aliphatic heterocycles. The van der Waals surface area contributed by atoms with Crippen molar-refractivity contribution in [3.05, 3.63) is 77.6 Å². The van der Waals surface area contributed by atoms with E-state index in [-0.39, 0.29) is 37.3 Å². The monoisotopic (exact) mass is 728 g/mol. The molecule has 14 heteroatoms. The van der Waals surface area contributed by atoms with Crippen LogP contribution in [0.2, 0.25) is 0 Å². The number of aromatic nitrogens is 1. The van der Waals surface area contributed by atoms with Crippen LogP contribution < -0.4 is 16.0 Å². The second-order valence-corrected chi connectivity index (χ2v) is 14.8. The van der Waals surface area contributed by atoms with Crippen molar-refractivity contribution in [1.29, 1.82) is 0 Å². The molecular weight excluding hydrogens is 680 g/mol. The number of nitrogens with one attached hydrogen (secondary N) is 3. The minimum Gasteiger partial charge on any atom is -0.479 e. The van der Waals surface area contributed by atoms with Gasteiger partial charge in [-0.3, -0.25) is 24.2 Å². The first kappa shape index (κ1) is 37.5. The molecule has 0 radical (unpaired) electrons. The van der Waals surface area contributed by atoms with Gasteiger partial charge in [0.05, 0.1) is 12.1 Å². The van der Waals surface area contributed by atoms with Crippen molar-refractivity contribution in [2.45, 2.75) is 102 Å². The number of carbonyl (C=O) groups excluding carboxylic acids is 5. The topological polar surface area (TPSA) is 187 Å². The first-order valence-corrected chi connectivity index (χ1v) is 18.5. The number of carbonyl (C=O) groups is 6. The van der Waals surface area contributed by atoms with Gasteiger partial charge in [-0.05, 0) is 61.3 Å². The highest BCUT2D eigenvalue weighted by Crippen LogP contribution is 2.45. The molecule has 0 unspecified atom stereocenters. The molecule has 14 nitrogen and oxygen atoms in total. The number of fused-ring (bicyclic) bond motifs is 3. The number of amides is 5. The van der Waals surface area contributed by atoms with Crippen molar-refractivity contribution in [3.8, 4) is 0 Å². The fourth-order valence-corrected chi connectivity index (χ4v) is 7.53. The number of benzene rings is 1. The van der Waals surface area contributed by atoms with Gasteiger partial charge in [0, 0.05) is 37.8 Å². The third-order valence-electron chi connectivity index (χ3n) is 10.8. The van der Waals surface area contributed by atoms with Gasteiger partial charge < -0.3 is 35.6 Å². The van der Waals surface area contributed by atoms with Gasteiger partial charge in [0.25, 0.3) is 5.91 Å². The number of nitrogens with zero attached hydrogens (tertiary/aromatic N) is 3. The Kier molecular flexibility index (Phi) is 11.4. The minimum atomic E-state index is -1.50. The molecule has 2 aromatic rings. The van der Waals surface area contributed by atoms with Gasteiger partial charge in [0.15, 0.2) is 0 Å². The molecule has 4 N–H and O–H groups in total. The molecule has 53 heavy (non-hydrogen) atoms. The molecule has 0 bridgehead atoms. The Labute approximate surface area is 308 Å². The lowest BCUT2D eigenvalue weighted by atomic mass is 10.0. The molecular formula is C39H48N6O8. The SMILES string of the molecule is CC(C)[C@@H](NC(=O)c1cccnc1)C(=O)N[C@H]1CCCCC/C=C\[C@@H]2C[C@@]2(C(=O)O)NC(=O)[C@@H]2C[C@@H](OC(=O)N3CCc4ccccc4C3)CN2C1=O. The molecule has 1 aliphatic carbocycles. The number of ether oxygens (including phenoxy) is 1. The second-order valence-electron chi connectivity index (χ2n) is 14.8. The summed E-state index contributed by atoms with van der Waals surface area (Å²) in [6, 6.07) is 7.86. The predicted molar refractivity (Wildman–Crippen MR) is 192 cm³/mol. The zero-order chi connectivity index (χ0) is 37.7. The largest absolute Gasteiger partial charge is 0.479 e. The van der Waals surface area contributed by atoms with Gasteiger partial charge in [-0.25, -0.2) is 9.59 Å². The molecule has 4 heterocycles. The van der Waals surface area contributed by atoms with E-state index in [1.807, 2.05) is 36.4 Å². The van der Waals surface area contributed by atoms with Crippen LogP contribution >= 0.6 is 0 Å². The second kappa shape index (κ2) is 16.2. The highest BCUT2D eigenvalue weighted by molar-refractivity contribution is 5.99. The highest BCUT2D eigenvalue weighted by atomic mass is 16.6. The average Bonchev–Trinajstić information content (AvgIpc) is 3.69. The quantitative estimate of drug-likeness (QED) is 0.311. The van der Waals surface area contributed by atoms with Crippen LogP contribution in [0, 0.1) is 11.8 Å². The van der Waals surface area contributed by atoms with E-state index < -0.39 is 71.4 Å². The Morgan fingerprint density at radius 1 is 1.06 bits per heavy atom. The van der Waals surface area contributed by atoms with Gasteiger partial charge >= 0.3 is 12.1 Å². The number of hydrogen-bond acceptors (Lipinski definition) is 8. The summed E-state index contributed by atoms with van der Waals surface area (Å²) in [5.74, 6) is -4.15. The van der Waals surface area contributed by atoms with E-state index in [0.717, 1.165) is 24.0 Å². The first-order chi connectivity index (χ1) is 25.5. The van der Waals surface area contributed by atoms with E-state index in [0.29, 0.717) is 32.4 Å². The van der Waals surface area contributed by atoms with Crippen molar-refractivity contribution >= 4 is 35.7 Å². The molecule has 4 aliphatic rings. The van der Waals surface area contributed by atoms with E-state index in [9.17, 15) is 33.9 Å². The van der Waals surface area contributed by atoms with Crippen LogP contribution in [-0.4, -0.2) is 98.4 Å². The molecule has 5 amide bonds. The minimum absolute atomic E-state index is 0.0413. The number of aliphatic carboxylic acids is 1. The van der Waals surface area contributed by atoms with E-state index in [1.54, 1.807) is 30.9 Å². The van der Waals surface area contributed by atoms with Crippen LogP contribution in [-0.2, 0) is 36.9 Å². The summed E-state index contributed by atoms with van der Waals surface area (Å²) in [6.45, 7) is 4.27. The summed E-state index contributed by atoms with van der Waals surface area (Å²) in [5, 5.41) is 18.5. The molecule has 1 saturated carbocycles. The lowest BCUT2D eigenvalue weighted by Crippen LogP contribution is -2.58.